The van der Waals surface area contributed by atoms with Gasteiger partial charge in [-0.25, -0.2) is 0 Å². The lowest BCUT2D eigenvalue weighted by Crippen LogP contribution is -2.17. The molecule has 0 aliphatic rings. The number of nitrogens with zero attached hydrogens (tertiary/aromatic N) is 1. The Hall–Kier alpha value is -1.68. The normalized spacial score (nSPS) is 10.4. The Labute approximate surface area is 127 Å². The van der Waals surface area contributed by atoms with E-state index in [1.165, 1.54) is 0 Å². The van der Waals surface area contributed by atoms with Crippen molar-refractivity contribution >= 4 is 27.5 Å². The number of amides is 1. The molecule has 0 fully saturated rings. The zero-order valence-corrected chi connectivity index (χ0v) is 13.4. The molecule has 0 saturated heterocycles. The predicted molar refractivity (Wildman–Crippen MR) is 84.9 cm³/mol. The van der Waals surface area contributed by atoms with E-state index in [2.05, 4.69) is 26.2 Å². The highest BCUT2D eigenvalue weighted by Crippen LogP contribution is 2.27. The number of benzene rings is 1. The summed E-state index contributed by atoms with van der Waals surface area (Å²) in [5.74, 6) is -0.0561. The number of carbonyl (C=O) groups excluding carboxylic acids is 1. The number of aryl methyl sites for hydroxylation is 3. The zero-order valence-electron chi connectivity index (χ0n) is 11.8. The Kier molecular flexibility index (Phi) is 4.55. The summed E-state index contributed by atoms with van der Waals surface area (Å²) in [5, 5.41) is 2.96. The molecule has 1 aromatic carbocycles. The molecule has 1 N–H and O–H groups in total. The fourth-order valence-corrected chi connectivity index (χ4v) is 2.89. The van der Waals surface area contributed by atoms with Gasteiger partial charge in [0.25, 0.3) is 0 Å². The number of pyridine rings is 1. The van der Waals surface area contributed by atoms with Gasteiger partial charge in [-0.3, -0.25) is 9.78 Å². The van der Waals surface area contributed by atoms with Crippen LogP contribution in [0.4, 0.5) is 5.69 Å². The molecule has 0 unspecified atom stereocenters. The van der Waals surface area contributed by atoms with Crippen LogP contribution in [-0.2, 0) is 11.2 Å². The highest BCUT2D eigenvalue weighted by atomic mass is 79.9. The number of rotatable bonds is 3. The zero-order chi connectivity index (χ0) is 14.7. The van der Waals surface area contributed by atoms with Crippen LogP contribution >= 0.6 is 15.9 Å². The smallest absolute Gasteiger partial charge is 0.230 e. The number of anilines is 1. The molecular formula is C16H17BrN2O. The van der Waals surface area contributed by atoms with Crippen molar-refractivity contribution in [3.05, 3.63) is 57.3 Å². The van der Waals surface area contributed by atoms with Crippen molar-refractivity contribution in [3.8, 4) is 0 Å². The predicted octanol–water partition coefficient (Wildman–Crippen LogP) is 3.95. The molecule has 0 saturated carbocycles. The number of nitrogens with one attached hydrogen (secondary N) is 1. The lowest BCUT2D eigenvalue weighted by atomic mass is 10.1. The Morgan fingerprint density at radius 3 is 2.65 bits per heavy atom. The van der Waals surface area contributed by atoms with Gasteiger partial charge in [-0.05, 0) is 65.5 Å². The molecule has 0 spiro atoms. The van der Waals surface area contributed by atoms with Crippen LogP contribution in [-0.4, -0.2) is 10.9 Å². The van der Waals surface area contributed by atoms with Gasteiger partial charge in [-0.15, -0.1) is 0 Å². The number of halogens is 1. The number of aromatic nitrogens is 1. The average molecular weight is 333 g/mol. The quantitative estimate of drug-likeness (QED) is 0.924. The van der Waals surface area contributed by atoms with Crippen LogP contribution < -0.4 is 5.32 Å². The summed E-state index contributed by atoms with van der Waals surface area (Å²) in [6.45, 7) is 5.97. The van der Waals surface area contributed by atoms with Gasteiger partial charge in [0, 0.05) is 10.7 Å². The number of hydrogen-bond donors (Lipinski definition) is 1. The van der Waals surface area contributed by atoms with E-state index in [0.29, 0.717) is 0 Å². The second-order valence-corrected chi connectivity index (χ2v) is 5.78. The summed E-state index contributed by atoms with van der Waals surface area (Å²) in [7, 11) is 0. The van der Waals surface area contributed by atoms with Crippen LogP contribution in [0.3, 0.4) is 0 Å². The van der Waals surface area contributed by atoms with E-state index < -0.39 is 0 Å². The molecular weight excluding hydrogens is 316 g/mol. The maximum absolute atomic E-state index is 12.2. The Morgan fingerprint density at radius 2 is 2.00 bits per heavy atom. The van der Waals surface area contributed by atoms with E-state index >= 15 is 0 Å². The summed E-state index contributed by atoms with van der Waals surface area (Å²) < 4.78 is 0.904. The van der Waals surface area contributed by atoms with Crippen molar-refractivity contribution in [1.82, 2.24) is 4.98 Å². The van der Waals surface area contributed by atoms with Crippen LogP contribution in [0.15, 0.2) is 34.9 Å². The Morgan fingerprint density at radius 1 is 1.25 bits per heavy atom. The summed E-state index contributed by atoms with van der Waals surface area (Å²) in [6, 6.07) is 7.88. The lowest BCUT2D eigenvalue weighted by molar-refractivity contribution is -0.115. The third-order valence-corrected chi connectivity index (χ3v) is 3.77. The van der Waals surface area contributed by atoms with Crippen molar-refractivity contribution in [1.29, 1.82) is 0 Å². The average Bonchev–Trinajstić information content (AvgIpc) is 2.36. The first-order chi connectivity index (χ1) is 9.47. The van der Waals surface area contributed by atoms with Gasteiger partial charge in [0.15, 0.2) is 0 Å². The van der Waals surface area contributed by atoms with Gasteiger partial charge in [-0.2, -0.15) is 0 Å². The molecule has 2 rings (SSSR count). The minimum Gasteiger partial charge on any atom is -0.325 e. The van der Waals surface area contributed by atoms with E-state index in [1.807, 2.05) is 45.0 Å². The number of hydrogen-bond acceptors (Lipinski definition) is 2. The molecule has 4 heteroatoms. The lowest BCUT2D eigenvalue weighted by Gasteiger charge is -2.12. The van der Waals surface area contributed by atoms with Crippen molar-refractivity contribution in [3.63, 3.8) is 0 Å². The van der Waals surface area contributed by atoms with Crippen molar-refractivity contribution in [2.24, 2.45) is 0 Å². The van der Waals surface area contributed by atoms with Crippen LogP contribution in [0, 0.1) is 20.8 Å². The van der Waals surface area contributed by atoms with E-state index in [0.717, 1.165) is 32.5 Å². The van der Waals surface area contributed by atoms with Crippen molar-refractivity contribution in [2.75, 3.05) is 5.32 Å². The minimum absolute atomic E-state index is 0.0561. The van der Waals surface area contributed by atoms with Crippen molar-refractivity contribution < 1.29 is 4.79 Å². The second kappa shape index (κ2) is 6.18. The monoisotopic (exact) mass is 332 g/mol. The summed E-state index contributed by atoms with van der Waals surface area (Å²) in [4.78, 5) is 16.4. The third-order valence-electron chi connectivity index (χ3n) is 3.14. The molecule has 0 aliphatic heterocycles. The molecule has 1 heterocycles. The molecule has 1 amide bonds. The molecule has 0 bridgehead atoms. The topological polar surface area (TPSA) is 42.0 Å². The van der Waals surface area contributed by atoms with Crippen LogP contribution in [0.2, 0.25) is 0 Å². The van der Waals surface area contributed by atoms with E-state index in [-0.39, 0.29) is 12.3 Å². The fourth-order valence-electron chi connectivity index (χ4n) is 2.11. The van der Waals surface area contributed by atoms with Crippen LogP contribution in [0.25, 0.3) is 0 Å². The Balaban J connectivity index is 2.15. The SMILES string of the molecule is Cc1cc(C)c(NC(=O)Cc2ncccc2C)c(Br)c1. The third kappa shape index (κ3) is 3.45. The summed E-state index contributed by atoms with van der Waals surface area (Å²) >= 11 is 3.50. The van der Waals surface area contributed by atoms with Gasteiger partial charge in [0.1, 0.15) is 0 Å². The molecule has 0 radical (unpaired) electrons. The first kappa shape index (κ1) is 14.7. The van der Waals surface area contributed by atoms with Gasteiger partial charge < -0.3 is 5.32 Å². The second-order valence-electron chi connectivity index (χ2n) is 4.93. The summed E-state index contributed by atoms with van der Waals surface area (Å²) in [6.07, 6.45) is 2.00. The molecule has 1 aromatic heterocycles. The molecule has 2 aromatic rings. The van der Waals surface area contributed by atoms with Gasteiger partial charge in [-0.1, -0.05) is 12.1 Å². The summed E-state index contributed by atoms with van der Waals surface area (Å²) in [5.41, 5.74) is 4.87. The van der Waals surface area contributed by atoms with Gasteiger partial charge >= 0.3 is 0 Å². The van der Waals surface area contributed by atoms with Gasteiger partial charge in [0.2, 0.25) is 5.91 Å². The van der Waals surface area contributed by atoms with Crippen LogP contribution in [0.1, 0.15) is 22.4 Å². The Bertz CT molecular complexity index is 630. The molecule has 20 heavy (non-hydrogen) atoms. The van der Waals surface area contributed by atoms with Crippen LogP contribution in [0.5, 0.6) is 0 Å². The first-order valence-corrected chi connectivity index (χ1v) is 7.24. The van der Waals surface area contributed by atoms with E-state index in [4.69, 9.17) is 0 Å². The van der Waals surface area contributed by atoms with Gasteiger partial charge in [0.05, 0.1) is 17.8 Å². The minimum atomic E-state index is -0.0561. The first-order valence-electron chi connectivity index (χ1n) is 6.44. The highest BCUT2D eigenvalue weighted by Gasteiger charge is 2.11. The maximum atomic E-state index is 12.2. The molecule has 0 aliphatic carbocycles. The van der Waals surface area contributed by atoms with Crippen molar-refractivity contribution in [2.45, 2.75) is 27.2 Å². The van der Waals surface area contributed by atoms with E-state index in [1.54, 1.807) is 6.20 Å². The molecule has 104 valence electrons. The number of carbonyl (C=O) groups is 1. The molecule has 0 atom stereocenters. The maximum Gasteiger partial charge on any atom is 0.230 e. The highest BCUT2D eigenvalue weighted by molar-refractivity contribution is 9.10. The molecule has 3 nitrogen and oxygen atoms in total. The standard InChI is InChI=1S/C16H17BrN2O/c1-10-7-12(3)16(13(17)8-10)19-15(20)9-14-11(2)5-4-6-18-14/h4-8H,9H2,1-3H3,(H,19,20). The van der Waals surface area contributed by atoms with E-state index in [9.17, 15) is 4.79 Å². The fraction of sp³-hybridized carbons (Fsp3) is 0.250. The largest absolute Gasteiger partial charge is 0.325 e.